The van der Waals surface area contributed by atoms with Crippen LogP contribution < -0.4 is 23.8 Å². The maximum atomic E-state index is 13.0. The first kappa shape index (κ1) is 21.3. The van der Waals surface area contributed by atoms with Crippen molar-refractivity contribution in [3.63, 3.8) is 0 Å². The molecule has 0 aliphatic carbocycles. The molecule has 2 aromatic carbocycles. The van der Waals surface area contributed by atoms with Gasteiger partial charge in [-0.05, 0) is 39.0 Å². The number of benzene rings is 2. The molecule has 0 fully saturated rings. The van der Waals surface area contributed by atoms with Crippen molar-refractivity contribution in [3.05, 3.63) is 47.5 Å². The summed E-state index contributed by atoms with van der Waals surface area (Å²) in [6, 6.07) is 10.4. The standard InChI is InChI=1S/C22H26N2O6S/c1-14-5-7-18-16(9-14)17(11-22(2,3)30-18)23-21(25)12-24(31(4,26)27)15-6-8-19-20(10-15)29-13-28-19/h5-10,17H,11-13H2,1-4H3,(H,23,25)/t17-/m1/s1. The number of aryl methyl sites for hydroxylation is 1. The summed E-state index contributed by atoms with van der Waals surface area (Å²) in [6.07, 6.45) is 1.64. The Bertz CT molecular complexity index is 1130. The Morgan fingerprint density at radius 1 is 1.13 bits per heavy atom. The minimum atomic E-state index is -3.71. The average molecular weight is 447 g/mol. The third kappa shape index (κ3) is 4.56. The van der Waals surface area contributed by atoms with Crippen LogP contribution in [0, 0.1) is 6.92 Å². The molecule has 166 valence electrons. The summed E-state index contributed by atoms with van der Waals surface area (Å²) in [6.45, 7) is 5.63. The zero-order valence-corrected chi connectivity index (χ0v) is 18.8. The SMILES string of the molecule is Cc1ccc2c(c1)[C@H](NC(=O)CN(c1ccc3c(c1)OCO3)S(C)(=O)=O)CC(C)(C)O2. The maximum Gasteiger partial charge on any atom is 0.241 e. The molecule has 0 saturated heterocycles. The second kappa shape index (κ2) is 7.64. The van der Waals surface area contributed by atoms with Crippen molar-refractivity contribution < 1.29 is 27.4 Å². The summed E-state index contributed by atoms with van der Waals surface area (Å²) in [5.74, 6) is 1.31. The average Bonchev–Trinajstić information content (AvgIpc) is 3.13. The number of hydrogen-bond donors (Lipinski definition) is 1. The lowest BCUT2D eigenvalue weighted by Crippen LogP contribution is -2.45. The largest absolute Gasteiger partial charge is 0.487 e. The normalized spacial score (nSPS) is 18.6. The van der Waals surface area contributed by atoms with Gasteiger partial charge in [-0.2, -0.15) is 0 Å². The van der Waals surface area contributed by atoms with E-state index in [2.05, 4.69) is 5.32 Å². The van der Waals surface area contributed by atoms with Crippen LogP contribution in [-0.2, 0) is 14.8 Å². The number of anilines is 1. The van der Waals surface area contributed by atoms with Crippen LogP contribution in [0.1, 0.15) is 37.4 Å². The molecule has 2 heterocycles. The van der Waals surface area contributed by atoms with E-state index in [1.807, 2.05) is 39.0 Å². The van der Waals surface area contributed by atoms with Gasteiger partial charge in [0.2, 0.25) is 22.7 Å². The van der Waals surface area contributed by atoms with Crippen molar-refractivity contribution in [2.75, 3.05) is 23.9 Å². The highest BCUT2D eigenvalue weighted by atomic mass is 32.2. The fraction of sp³-hybridized carbons (Fsp3) is 0.409. The first-order chi connectivity index (χ1) is 14.5. The highest BCUT2D eigenvalue weighted by Gasteiger charge is 2.35. The summed E-state index contributed by atoms with van der Waals surface area (Å²) in [5.41, 5.74) is 1.82. The minimum Gasteiger partial charge on any atom is -0.487 e. The van der Waals surface area contributed by atoms with Crippen LogP contribution in [-0.4, -0.2) is 39.5 Å². The monoisotopic (exact) mass is 446 g/mol. The molecule has 0 radical (unpaired) electrons. The van der Waals surface area contributed by atoms with E-state index in [0.29, 0.717) is 23.6 Å². The van der Waals surface area contributed by atoms with E-state index in [0.717, 1.165) is 27.4 Å². The van der Waals surface area contributed by atoms with Crippen LogP contribution in [0.25, 0.3) is 0 Å². The number of nitrogens with zero attached hydrogens (tertiary/aromatic N) is 1. The van der Waals surface area contributed by atoms with Gasteiger partial charge in [-0.1, -0.05) is 17.7 Å². The topological polar surface area (TPSA) is 94.2 Å². The van der Waals surface area contributed by atoms with Gasteiger partial charge in [-0.15, -0.1) is 0 Å². The molecule has 2 aromatic rings. The first-order valence-corrected chi connectivity index (χ1v) is 11.8. The Hall–Kier alpha value is -2.94. The lowest BCUT2D eigenvalue weighted by atomic mass is 9.89. The predicted molar refractivity (Wildman–Crippen MR) is 116 cm³/mol. The Balaban J connectivity index is 1.57. The number of hydrogen-bond acceptors (Lipinski definition) is 6. The van der Waals surface area contributed by atoms with Gasteiger partial charge in [0.25, 0.3) is 0 Å². The van der Waals surface area contributed by atoms with Crippen LogP contribution in [0.5, 0.6) is 17.2 Å². The van der Waals surface area contributed by atoms with Crippen molar-refractivity contribution in [2.45, 2.75) is 38.8 Å². The van der Waals surface area contributed by atoms with Gasteiger partial charge in [0.1, 0.15) is 17.9 Å². The lowest BCUT2D eigenvalue weighted by Gasteiger charge is -2.38. The van der Waals surface area contributed by atoms with E-state index in [1.165, 1.54) is 0 Å². The molecular weight excluding hydrogens is 420 g/mol. The highest BCUT2D eigenvalue weighted by Crippen LogP contribution is 2.40. The molecule has 8 nitrogen and oxygen atoms in total. The van der Waals surface area contributed by atoms with E-state index in [-0.39, 0.29) is 19.4 Å². The molecular formula is C22H26N2O6S. The Morgan fingerprint density at radius 3 is 2.58 bits per heavy atom. The van der Waals surface area contributed by atoms with Crippen molar-refractivity contribution in [1.82, 2.24) is 5.32 Å². The van der Waals surface area contributed by atoms with Gasteiger partial charge in [0, 0.05) is 18.1 Å². The van der Waals surface area contributed by atoms with Crippen molar-refractivity contribution in [2.24, 2.45) is 0 Å². The minimum absolute atomic E-state index is 0.0799. The smallest absolute Gasteiger partial charge is 0.241 e. The van der Waals surface area contributed by atoms with E-state index < -0.39 is 21.5 Å². The van der Waals surface area contributed by atoms with Crippen LogP contribution in [0.15, 0.2) is 36.4 Å². The molecule has 1 amide bonds. The molecule has 2 aliphatic heterocycles. The molecule has 2 aliphatic rings. The second-order valence-electron chi connectivity index (χ2n) is 8.53. The van der Waals surface area contributed by atoms with Crippen LogP contribution >= 0.6 is 0 Å². The molecule has 0 bridgehead atoms. The molecule has 0 spiro atoms. The molecule has 1 atom stereocenters. The number of ether oxygens (including phenoxy) is 3. The van der Waals surface area contributed by atoms with Crippen LogP contribution in [0.3, 0.4) is 0 Å². The summed E-state index contributed by atoms with van der Waals surface area (Å²) in [4.78, 5) is 13.0. The Labute approximate surface area is 182 Å². The molecule has 0 aromatic heterocycles. The van der Waals surface area contributed by atoms with Gasteiger partial charge in [-0.25, -0.2) is 8.42 Å². The third-order valence-electron chi connectivity index (χ3n) is 5.29. The number of carbonyl (C=O) groups is 1. The number of fused-ring (bicyclic) bond motifs is 2. The van der Waals surface area contributed by atoms with Crippen molar-refractivity contribution >= 4 is 21.6 Å². The number of carbonyl (C=O) groups excluding carboxylic acids is 1. The van der Waals surface area contributed by atoms with E-state index in [1.54, 1.807) is 18.2 Å². The third-order valence-corrected chi connectivity index (χ3v) is 6.43. The zero-order valence-electron chi connectivity index (χ0n) is 18.0. The summed E-state index contributed by atoms with van der Waals surface area (Å²) in [7, 11) is -3.71. The van der Waals surface area contributed by atoms with Crippen molar-refractivity contribution in [3.8, 4) is 17.2 Å². The Morgan fingerprint density at radius 2 is 1.84 bits per heavy atom. The number of amides is 1. The molecule has 4 rings (SSSR count). The van der Waals surface area contributed by atoms with Gasteiger partial charge in [0.05, 0.1) is 18.0 Å². The second-order valence-corrected chi connectivity index (χ2v) is 10.4. The first-order valence-electron chi connectivity index (χ1n) is 9.98. The van der Waals surface area contributed by atoms with Crippen molar-refractivity contribution in [1.29, 1.82) is 0 Å². The van der Waals surface area contributed by atoms with Gasteiger partial charge >= 0.3 is 0 Å². The zero-order chi connectivity index (χ0) is 22.4. The van der Waals surface area contributed by atoms with E-state index >= 15 is 0 Å². The van der Waals surface area contributed by atoms with E-state index in [9.17, 15) is 13.2 Å². The van der Waals surface area contributed by atoms with E-state index in [4.69, 9.17) is 14.2 Å². The molecule has 1 N–H and O–H groups in total. The maximum absolute atomic E-state index is 13.0. The Kier molecular flexibility index (Phi) is 5.25. The molecule has 9 heteroatoms. The van der Waals surface area contributed by atoms with Crippen LogP contribution in [0.2, 0.25) is 0 Å². The number of nitrogens with one attached hydrogen (secondary N) is 1. The predicted octanol–water partition coefficient (Wildman–Crippen LogP) is 2.91. The fourth-order valence-electron chi connectivity index (χ4n) is 3.91. The number of rotatable bonds is 5. The van der Waals surface area contributed by atoms with Gasteiger partial charge < -0.3 is 19.5 Å². The summed E-state index contributed by atoms with van der Waals surface area (Å²) >= 11 is 0. The molecule has 0 unspecified atom stereocenters. The van der Waals surface area contributed by atoms with Gasteiger partial charge in [0.15, 0.2) is 11.5 Å². The lowest BCUT2D eigenvalue weighted by molar-refractivity contribution is -0.120. The number of sulfonamides is 1. The van der Waals surface area contributed by atoms with Crippen LogP contribution in [0.4, 0.5) is 5.69 Å². The fourth-order valence-corrected chi connectivity index (χ4v) is 4.76. The highest BCUT2D eigenvalue weighted by molar-refractivity contribution is 7.92. The quantitative estimate of drug-likeness (QED) is 0.759. The molecule has 0 saturated carbocycles. The summed E-state index contributed by atoms with van der Waals surface area (Å²) < 4.78 is 42.7. The summed E-state index contributed by atoms with van der Waals surface area (Å²) in [5, 5.41) is 3.00. The van der Waals surface area contributed by atoms with Gasteiger partial charge in [-0.3, -0.25) is 9.10 Å². The molecule has 31 heavy (non-hydrogen) atoms.